The fourth-order valence-corrected chi connectivity index (χ4v) is 2.21. The molecule has 0 aliphatic heterocycles. The Hall–Kier alpha value is -1.80. The molecule has 0 amide bonds. The van der Waals surface area contributed by atoms with Gasteiger partial charge in [0.05, 0.1) is 12.2 Å². The molecular formula is C13H13BrN4. The Morgan fingerprint density at radius 1 is 1.44 bits per heavy atom. The lowest BCUT2D eigenvalue weighted by atomic mass is 10.2. The van der Waals surface area contributed by atoms with Crippen molar-refractivity contribution in [2.75, 3.05) is 5.73 Å². The molecule has 0 unspecified atom stereocenters. The molecule has 1 heterocycles. The van der Waals surface area contributed by atoms with Crippen LogP contribution in [0.15, 0.2) is 28.7 Å². The zero-order valence-corrected chi connectivity index (χ0v) is 11.6. The fraction of sp³-hybridized carbons (Fsp3) is 0.231. The molecule has 0 atom stereocenters. The van der Waals surface area contributed by atoms with Crippen molar-refractivity contribution in [2.45, 2.75) is 19.9 Å². The smallest absolute Gasteiger partial charge is 0.140 e. The van der Waals surface area contributed by atoms with Crippen LogP contribution in [0.5, 0.6) is 0 Å². The van der Waals surface area contributed by atoms with Gasteiger partial charge in [0.1, 0.15) is 17.5 Å². The average molecular weight is 305 g/mol. The van der Waals surface area contributed by atoms with Gasteiger partial charge in [-0.3, -0.25) is 0 Å². The van der Waals surface area contributed by atoms with Gasteiger partial charge in [-0.25, -0.2) is 4.68 Å². The number of nitrogen functional groups attached to an aromatic ring is 1. The van der Waals surface area contributed by atoms with Gasteiger partial charge in [-0.2, -0.15) is 10.4 Å². The summed E-state index contributed by atoms with van der Waals surface area (Å²) in [6, 6.07) is 10.0. The van der Waals surface area contributed by atoms with E-state index in [1.54, 1.807) is 4.68 Å². The molecule has 4 nitrogen and oxygen atoms in total. The second-order valence-corrected chi connectivity index (χ2v) is 4.78. The van der Waals surface area contributed by atoms with Crippen LogP contribution in [0.2, 0.25) is 0 Å². The molecule has 1 aromatic heterocycles. The van der Waals surface area contributed by atoms with Gasteiger partial charge < -0.3 is 5.73 Å². The summed E-state index contributed by atoms with van der Waals surface area (Å²) in [7, 11) is 0. The highest BCUT2D eigenvalue weighted by Gasteiger charge is 2.14. The first-order chi connectivity index (χ1) is 8.67. The summed E-state index contributed by atoms with van der Waals surface area (Å²) >= 11 is 3.49. The molecule has 2 aromatic rings. The average Bonchev–Trinajstić information content (AvgIpc) is 2.68. The van der Waals surface area contributed by atoms with Crippen LogP contribution in [0.3, 0.4) is 0 Å². The van der Waals surface area contributed by atoms with Crippen LogP contribution in [0.25, 0.3) is 0 Å². The van der Waals surface area contributed by atoms with Gasteiger partial charge >= 0.3 is 0 Å². The molecule has 2 N–H and O–H groups in total. The summed E-state index contributed by atoms with van der Waals surface area (Å²) in [5.74, 6) is 0.435. The van der Waals surface area contributed by atoms with Gasteiger partial charge in [0, 0.05) is 4.47 Å². The van der Waals surface area contributed by atoms with Gasteiger partial charge in [0.25, 0.3) is 0 Å². The van der Waals surface area contributed by atoms with Crippen LogP contribution in [-0.4, -0.2) is 9.78 Å². The highest BCUT2D eigenvalue weighted by atomic mass is 79.9. The predicted molar refractivity (Wildman–Crippen MR) is 74.0 cm³/mol. The number of nitrogens with zero attached hydrogens (tertiary/aromatic N) is 3. The highest BCUT2D eigenvalue weighted by Crippen LogP contribution is 2.21. The summed E-state index contributed by atoms with van der Waals surface area (Å²) < 4.78 is 2.69. The zero-order valence-electron chi connectivity index (χ0n) is 10.0. The van der Waals surface area contributed by atoms with Gasteiger partial charge in [0.15, 0.2) is 0 Å². The Labute approximate surface area is 114 Å². The van der Waals surface area contributed by atoms with Crippen LogP contribution in [0.4, 0.5) is 5.82 Å². The number of rotatable bonds is 3. The molecular weight excluding hydrogens is 292 g/mol. The first-order valence-electron chi connectivity index (χ1n) is 5.66. The molecule has 0 fully saturated rings. The number of aryl methyl sites for hydroxylation is 1. The van der Waals surface area contributed by atoms with Gasteiger partial charge in [0.2, 0.25) is 0 Å². The number of halogens is 1. The highest BCUT2D eigenvalue weighted by molar-refractivity contribution is 9.10. The standard InChI is InChI=1S/C13H13BrN4/c1-2-12-10(7-15)13(16)18(17-12)8-9-5-3-4-6-11(9)14/h3-6H,2,8,16H2,1H3. The fourth-order valence-electron chi connectivity index (χ4n) is 1.80. The minimum Gasteiger partial charge on any atom is -0.383 e. The molecule has 1 aromatic carbocycles. The van der Waals surface area contributed by atoms with Gasteiger partial charge in [-0.1, -0.05) is 41.1 Å². The van der Waals surface area contributed by atoms with Crippen LogP contribution < -0.4 is 5.73 Å². The van der Waals surface area contributed by atoms with Crippen LogP contribution in [0.1, 0.15) is 23.7 Å². The number of nitrogens with two attached hydrogens (primary N) is 1. The van der Waals surface area contributed by atoms with E-state index in [1.807, 2.05) is 31.2 Å². The summed E-state index contributed by atoms with van der Waals surface area (Å²) in [5.41, 5.74) is 8.28. The van der Waals surface area contributed by atoms with E-state index >= 15 is 0 Å². The van der Waals surface area contributed by atoms with Crippen molar-refractivity contribution in [2.24, 2.45) is 0 Å². The second-order valence-electron chi connectivity index (χ2n) is 3.92. The Morgan fingerprint density at radius 3 is 2.72 bits per heavy atom. The largest absolute Gasteiger partial charge is 0.383 e. The Balaban J connectivity index is 2.39. The molecule has 92 valence electrons. The first-order valence-corrected chi connectivity index (χ1v) is 6.45. The van der Waals surface area contributed by atoms with Crippen molar-refractivity contribution in [1.82, 2.24) is 9.78 Å². The van der Waals surface area contributed by atoms with E-state index in [-0.39, 0.29) is 0 Å². The molecule has 0 aliphatic carbocycles. The maximum atomic E-state index is 9.07. The molecule has 0 bridgehead atoms. The number of aromatic nitrogens is 2. The third-order valence-corrected chi connectivity index (χ3v) is 3.56. The van der Waals surface area contributed by atoms with E-state index < -0.39 is 0 Å². The van der Waals surface area contributed by atoms with E-state index in [1.165, 1.54) is 0 Å². The molecule has 5 heteroatoms. The third-order valence-electron chi connectivity index (χ3n) is 2.79. The lowest BCUT2D eigenvalue weighted by molar-refractivity contribution is 0.681. The van der Waals surface area contributed by atoms with Crippen molar-refractivity contribution in [3.63, 3.8) is 0 Å². The van der Waals surface area contributed by atoms with E-state index in [0.29, 0.717) is 24.3 Å². The topological polar surface area (TPSA) is 67.6 Å². The number of nitriles is 1. The summed E-state index contributed by atoms with van der Waals surface area (Å²) in [4.78, 5) is 0. The van der Waals surface area contributed by atoms with Gasteiger partial charge in [-0.05, 0) is 18.1 Å². The van der Waals surface area contributed by atoms with E-state index in [0.717, 1.165) is 15.7 Å². The molecule has 0 aliphatic rings. The zero-order chi connectivity index (χ0) is 13.1. The molecule has 2 rings (SSSR count). The van der Waals surface area contributed by atoms with Gasteiger partial charge in [-0.15, -0.1) is 0 Å². The lowest BCUT2D eigenvalue weighted by Gasteiger charge is -2.06. The van der Waals surface area contributed by atoms with Crippen LogP contribution in [0, 0.1) is 11.3 Å². The van der Waals surface area contributed by atoms with E-state index in [9.17, 15) is 0 Å². The van der Waals surface area contributed by atoms with Crippen molar-refractivity contribution in [1.29, 1.82) is 5.26 Å². The molecule has 0 saturated heterocycles. The quantitative estimate of drug-likeness (QED) is 0.948. The maximum absolute atomic E-state index is 9.07. The van der Waals surface area contributed by atoms with E-state index in [2.05, 4.69) is 27.1 Å². The van der Waals surface area contributed by atoms with Crippen molar-refractivity contribution in [3.05, 3.63) is 45.6 Å². The third kappa shape index (κ3) is 2.24. The summed E-state index contributed by atoms with van der Waals surface area (Å²) in [5, 5.41) is 13.5. The Kier molecular flexibility index (Phi) is 3.68. The molecule has 0 radical (unpaired) electrons. The summed E-state index contributed by atoms with van der Waals surface area (Å²) in [6.07, 6.45) is 0.704. The monoisotopic (exact) mass is 304 g/mol. The lowest BCUT2D eigenvalue weighted by Crippen LogP contribution is -2.06. The summed E-state index contributed by atoms with van der Waals surface area (Å²) in [6.45, 7) is 2.52. The number of anilines is 1. The number of hydrogen-bond acceptors (Lipinski definition) is 3. The normalized spacial score (nSPS) is 10.3. The van der Waals surface area contributed by atoms with Crippen molar-refractivity contribution in [3.8, 4) is 6.07 Å². The molecule has 0 spiro atoms. The predicted octanol–water partition coefficient (Wildman–Crippen LogP) is 2.71. The number of hydrogen-bond donors (Lipinski definition) is 1. The van der Waals surface area contributed by atoms with Crippen LogP contribution in [-0.2, 0) is 13.0 Å². The maximum Gasteiger partial charge on any atom is 0.140 e. The SMILES string of the molecule is CCc1nn(Cc2ccccc2Br)c(N)c1C#N. The minimum atomic E-state index is 0.435. The second kappa shape index (κ2) is 5.23. The van der Waals surface area contributed by atoms with Crippen molar-refractivity contribution >= 4 is 21.7 Å². The van der Waals surface area contributed by atoms with Crippen LogP contribution >= 0.6 is 15.9 Å². The number of benzene rings is 1. The Bertz CT molecular complexity index is 610. The molecule has 18 heavy (non-hydrogen) atoms. The van der Waals surface area contributed by atoms with E-state index in [4.69, 9.17) is 11.0 Å². The van der Waals surface area contributed by atoms with Crippen molar-refractivity contribution < 1.29 is 0 Å². The molecule has 0 saturated carbocycles. The Morgan fingerprint density at radius 2 is 2.17 bits per heavy atom. The first kappa shape index (κ1) is 12.7. The minimum absolute atomic E-state index is 0.435.